The highest BCUT2D eigenvalue weighted by molar-refractivity contribution is 7.99. The van der Waals surface area contributed by atoms with E-state index in [9.17, 15) is 4.79 Å². The molecular formula is C17H24N2O3S. The molecule has 0 aliphatic carbocycles. The molecule has 5 nitrogen and oxygen atoms in total. The molecule has 1 aromatic rings. The van der Waals surface area contributed by atoms with E-state index in [4.69, 9.17) is 15.2 Å². The zero-order valence-electron chi connectivity index (χ0n) is 13.5. The lowest BCUT2D eigenvalue weighted by molar-refractivity contribution is -0.131. The highest BCUT2D eigenvalue weighted by atomic mass is 32.2. The maximum absolute atomic E-state index is 12.4. The zero-order chi connectivity index (χ0) is 16.2. The standard InChI is InChI=1S/C17H24N2O3S/c1-12-8-13(10-18)11-19(12)17(20)4-7-23-14-2-3-15-16(9-14)22-6-5-21-15/h2-3,9,12-13H,4-8,10-11,18H2,1H3. The van der Waals surface area contributed by atoms with Crippen molar-refractivity contribution in [1.82, 2.24) is 4.90 Å². The number of hydrogen-bond donors (Lipinski definition) is 1. The van der Waals surface area contributed by atoms with Crippen LogP contribution in [0.5, 0.6) is 11.5 Å². The van der Waals surface area contributed by atoms with Crippen LogP contribution in [-0.2, 0) is 4.79 Å². The summed E-state index contributed by atoms with van der Waals surface area (Å²) in [5.74, 6) is 3.06. The van der Waals surface area contributed by atoms with Crippen LogP contribution in [0.1, 0.15) is 19.8 Å². The fourth-order valence-electron chi connectivity index (χ4n) is 3.17. The fourth-order valence-corrected chi connectivity index (χ4v) is 4.04. The molecule has 0 bridgehead atoms. The minimum absolute atomic E-state index is 0.235. The summed E-state index contributed by atoms with van der Waals surface area (Å²) in [5, 5.41) is 0. The maximum Gasteiger partial charge on any atom is 0.223 e. The van der Waals surface area contributed by atoms with Crippen molar-refractivity contribution in [1.29, 1.82) is 0 Å². The third-order valence-corrected chi connectivity index (χ3v) is 5.41. The van der Waals surface area contributed by atoms with Gasteiger partial charge in [0.1, 0.15) is 13.2 Å². The number of thioether (sulfide) groups is 1. The van der Waals surface area contributed by atoms with Gasteiger partial charge in [0, 0.05) is 29.7 Å². The molecule has 2 heterocycles. The molecular weight excluding hydrogens is 312 g/mol. The monoisotopic (exact) mass is 336 g/mol. The van der Waals surface area contributed by atoms with Crippen molar-refractivity contribution in [3.8, 4) is 11.5 Å². The van der Waals surface area contributed by atoms with Crippen molar-refractivity contribution >= 4 is 17.7 Å². The second-order valence-corrected chi connectivity index (χ2v) is 7.30. The number of likely N-dealkylation sites (tertiary alicyclic amines) is 1. The van der Waals surface area contributed by atoms with Gasteiger partial charge in [0.25, 0.3) is 0 Å². The van der Waals surface area contributed by atoms with Gasteiger partial charge in [-0.25, -0.2) is 0 Å². The van der Waals surface area contributed by atoms with Crippen LogP contribution in [-0.4, -0.2) is 48.9 Å². The minimum atomic E-state index is 0.235. The molecule has 2 unspecified atom stereocenters. The first-order valence-corrected chi connectivity index (χ1v) is 9.18. The Bertz CT molecular complexity index is 567. The number of carbonyl (C=O) groups is 1. The molecule has 2 atom stereocenters. The van der Waals surface area contributed by atoms with Gasteiger partial charge in [0.2, 0.25) is 5.91 Å². The summed E-state index contributed by atoms with van der Waals surface area (Å²) in [4.78, 5) is 15.5. The number of nitrogens with zero attached hydrogens (tertiary/aromatic N) is 1. The number of fused-ring (bicyclic) bond motifs is 1. The van der Waals surface area contributed by atoms with Gasteiger partial charge in [-0.2, -0.15) is 0 Å². The summed E-state index contributed by atoms with van der Waals surface area (Å²) in [5.41, 5.74) is 5.73. The molecule has 0 radical (unpaired) electrons. The highest BCUT2D eigenvalue weighted by Gasteiger charge is 2.31. The molecule has 0 spiro atoms. The molecule has 0 saturated carbocycles. The van der Waals surface area contributed by atoms with Gasteiger partial charge in [0.15, 0.2) is 11.5 Å². The van der Waals surface area contributed by atoms with E-state index in [0.717, 1.165) is 35.1 Å². The smallest absolute Gasteiger partial charge is 0.223 e. The molecule has 126 valence electrons. The van der Waals surface area contributed by atoms with Crippen molar-refractivity contribution < 1.29 is 14.3 Å². The number of nitrogens with two attached hydrogens (primary N) is 1. The van der Waals surface area contributed by atoms with E-state index in [1.165, 1.54) is 0 Å². The van der Waals surface area contributed by atoms with E-state index in [-0.39, 0.29) is 5.91 Å². The Kier molecular flexibility index (Phi) is 5.33. The van der Waals surface area contributed by atoms with Crippen LogP contribution in [0, 0.1) is 5.92 Å². The van der Waals surface area contributed by atoms with Crippen LogP contribution in [0.3, 0.4) is 0 Å². The average molecular weight is 336 g/mol. The summed E-state index contributed by atoms with van der Waals surface area (Å²) >= 11 is 1.68. The fraction of sp³-hybridized carbons (Fsp3) is 0.588. The third-order valence-electron chi connectivity index (χ3n) is 4.41. The Hall–Kier alpha value is -1.40. The maximum atomic E-state index is 12.4. The summed E-state index contributed by atoms with van der Waals surface area (Å²) in [7, 11) is 0. The first-order chi connectivity index (χ1) is 11.2. The lowest BCUT2D eigenvalue weighted by Crippen LogP contribution is -2.34. The zero-order valence-corrected chi connectivity index (χ0v) is 14.3. The molecule has 1 amide bonds. The van der Waals surface area contributed by atoms with Gasteiger partial charge in [-0.15, -0.1) is 11.8 Å². The summed E-state index contributed by atoms with van der Waals surface area (Å²) < 4.78 is 11.1. The summed E-state index contributed by atoms with van der Waals surface area (Å²) in [6, 6.07) is 6.26. The first-order valence-electron chi connectivity index (χ1n) is 8.19. The van der Waals surface area contributed by atoms with Gasteiger partial charge in [-0.3, -0.25) is 4.79 Å². The van der Waals surface area contributed by atoms with Gasteiger partial charge >= 0.3 is 0 Å². The predicted octanol–water partition coefficient (Wildman–Crippen LogP) is 2.14. The quantitative estimate of drug-likeness (QED) is 0.835. The van der Waals surface area contributed by atoms with Crippen molar-refractivity contribution in [2.75, 3.05) is 32.1 Å². The number of amides is 1. The van der Waals surface area contributed by atoms with Gasteiger partial charge in [0.05, 0.1) is 0 Å². The molecule has 2 aliphatic heterocycles. The Morgan fingerprint density at radius 3 is 2.87 bits per heavy atom. The molecule has 1 saturated heterocycles. The lowest BCUT2D eigenvalue weighted by Gasteiger charge is -2.21. The van der Waals surface area contributed by atoms with Crippen molar-refractivity contribution in [3.05, 3.63) is 18.2 Å². The number of rotatable bonds is 5. The summed E-state index contributed by atoms with van der Waals surface area (Å²) in [6.45, 7) is 4.79. The predicted molar refractivity (Wildman–Crippen MR) is 91.1 cm³/mol. The van der Waals surface area contributed by atoms with E-state index in [1.54, 1.807) is 11.8 Å². The van der Waals surface area contributed by atoms with Gasteiger partial charge < -0.3 is 20.1 Å². The Labute approximate surface area is 141 Å². The van der Waals surface area contributed by atoms with Crippen LogP contribution in [0.15, 0.2) is 23.1 Å². The molecule has 1 aromatic carbocycles. The average Bonchev–Trinajstić information content (AvgIpc) is 2.96. The first kappa shape index (κ1) is 16.5. The van der Waals surface area contributed by atoms with Crippen LogP contribution >= 0.6 is 11.8 Å². The Morgan fingerprint density at radius 2 is 2.13 bits per heavy atom. The molecule has 2 N–H and O–H groups in total. The number of ether oxygens (including phenoxy) is 2. The second kappa shape index (κ2) is 7.45. The topological polar surface area (TPSA) is 64.8 Å². The van der Waals surface area contributed by atoms with Crippen molar-refractivity contribution in [2.45, 2.75) is 30.7 Å². The minimum Gasteiger partial charge on any atom is -0.486 e. The van der Waals surface area contributed by atoms with Crippen LogP contribution < -0.4 is 15.2 Å². The Balaban J connectivity index is 1.48. The van der Waals surface area contributed by atoms with E-state index < -0.39 is 0 Å². The van der Waals surface area contributed by atoms with Crippen LogP contribution in [0.2, 0.25) is 0 Å². The number of hydrogen-bond acceptors (Lipinski definition) is 5. The van der Waals surface area contributed by atoms with E-state index >= 15 is 0 Å². The highest BCUT2D eigenvalue weighted by Crippen LogP contribution is 2.34. The van der Waals surface area contributed by atoms with Gasteiger partial charge in [-0.05, 0) is 44.0 Å². The molecule has 6 heteroatoms. The van der Waals surface area contributed by atoms with Crippen LogP contribution in [0.25, 0.3) is 0 Å². The summed E-state index contributed by atoms with van der Waals surface area (Å²) in [6.07, 6.45) is 1.58. The normalized spacial score (nSPS) is 23.1. The van der Waals surface area contributed by atoms with Gasteiger partial charge in [-0.1, -0.05) is 0 Å². The number of carbonyl (C=O) groups excluding carboxylic acids is 1. The molecule has 1 fully saturated rings. The van der Waals surface area contributed by atoms with Crippen molar-refractivity contribution in [3.63, 3.8) is 0 Å². The second-order valence-electron chi connectivity index (χ2n) is 6.14. The van der Waals surface area contributed by atoms with Crippen LogP contribution in [0.4, 0.5) is 0 Å². The van der Waals surface area contributed by atoms with E-state index in [0.29, 0.717) is 38.1 Å². The molecule has 3 rings (SSSR count). The SMILES string of the molecule is CC1CC(CN)CN1C(=O)CCSc1ccc2c(c1)OCCO2. The molecule has 2 aliphatic rings. The molecule has 23 heavy (non-hydrogen) atoms. The third kappa shape index (κ3) is 3.93. The van der Waals surface area contributed by atoms with Crippen molar-refractivity contribution in [2.24, 2.45) is 11.7 Å². The molecule has 0 aromatic heterocycles. The van der Waals surface area contributed by atoms with E-state index in [2.05, 4.69) is 6.92 Å². The number of benzene rings is 1. The lowest BCUT2D eigenvalue weighted by atomic mass is 10.1. The van der Waals surface area contributed by atoms with E-state index in [1.807, 2.05) is 23.1 Å². The largest absolute Gasteiger partial charge is 0.486 e. The Morgan fingerprint density at radius 1 is 1.35 bits per heavy atom.